The van der Waals surface area contributed by atoms with Gasteiger partial charge in [0.1, 0.15) is 0 Å². The van der Waals surface area contributed by atoms with Crippen molar-refractivity contribution in [1.29, 1.82) is 0 Å². The van der Waals surface area contributed by atoms with E-state index >= 15 is 0 Å². The van der Waals surface area contributed by atoms with Crippen LogP contribution in [0.4, 0.5) is 0 Å². The molecule has 0 aromatic carbocycles. The molecule has 0 bridgehead atoms. The zero-order chi connectivity index (χ0) is 17.0. The van der Waals surface area contributed by atoms with Crippen LogP contribution in [-0.2, 0) is 9.47 Å². The van der Waals surface area contributed by atoms with Gasteiger partial charge in [-0.05, 0) is 18.8 Å². The molecule has 5 nitrogen and oxygen atoms in total. The van der Waals surface area contributed by atoms with Crippen LogP contribution >= 0.6 is 24.0 Å². The molecule has 1 aliphatic carbocycles. The highest BCUT2D eigenvalue weighted by molar-refractivity contribution is 14.0. The lowest BCUT2D eigenvalue weighted by atomic mass is 10.0. The summed E-state index contributed by atoms with van der Waals surface area (Å²) in [5.74, 6) is 2.69. The van der Waals surface area contributed by atoms with Gasteiger partial charge in [0.25, 0.3) is 0 Å². The van der Waals surface area contributed by atoms with Gasteiger partial charge in [0.05, 0.1) is 19.8 Å². The average Bonchev–Trinajstić information content (AvgIpc) is 3.27. The number of unbranched alkanes of at least 4 members (excludes halogenated alkanes) is 1. The molecule has 1 atom stereocenters. The zero-order valence-corrected chi connectivity index (χ0v) is 18.5. The van der Waals surface area contributed by atoms with Crippen molar-refractivity contribution in [2.24, 2.45) is 16.8 Å². The maximum Gasteiger partial charge on any atom is 0.193 e. The van der Waals surface area contributed by atoms with Crippen LogP contribution in [0.5, 0.6) is 0 Å². The van der Waals surface area contributed by atoms with E-state index in [1.165, 1.54) is 51.4 Å². The summed E-state index contributed by atoms with van der Waals surface area (Å²) in [6, 6.07) is 0. The summed E-state index contributed by atoms with van der Waals surface area (Å²) in [5.41, 5.74) is 0. The number of methoxy groups -OCH3 is 1. The van der Waals surface area contributed by atoms with E-state index in [0.717, 1.165) is 38.1 Å². The lowest BCUT2D eigenvalue weighted by molar-refractivity contribution is 0.0536. The molecule has 1 N–H and O–H groups in total. The molecule has 1 aliphatic heterocycles. The molecular formula is C19H38IN3O2. The summed E-state index contributed by atoms with van der Waals surface area (Å²) >= 11 is 0. The van der Waals surface area contributed by atoms with Crippen LogP contribution < -0.4 is 5.32 Å². The van der Waals surface area contributed by atoms with Crippen molar-refractivity contribution in [2.45, 2.75) is 51.4 Å². The predicted octanol–water partition coefficient (Wildman–Crippen LogP) is 3.53. The minimum atomic E-state index is 0. The van der Waals surface area contributed by atoms with Crippen LogP contribution in [0.1, 0.15) is 51.4 Å². The Morgan fingerprint density at radius 1 is 1.12 bits per heavy atom. The fourth-order valence-electron chi connectivity index (χ4n) is 3.94. The molecule has 0 amide bonds. The van der Waals surface area contributed by atoms with Crippen molar-refractivity contribution in [1.82, 2.24) is 10.2 Å². The molecule has 1 saturated carbocycles. The van der Waals surface area contributed by atoms with E-state index < -0.39 is 0 Å². The maximum atomic E-state index is 5.67. The molecule has 0 aromatic rings. The summed E-state index contributed by atoms with van der Waals surface area (Å²) in [7, 11) is 3.60. The molecule has 2 aliphatic rings. The number of guanidine groups is 1. The fourth-order valence-corrected chi connectivity index (χ4v) is 3.94. The van der Waals surface area contributed by atoms with E-state index in [4.69, 9.17) is 9.47 Å². The SMILES string of the molecule is CN=C(NCCCCC1CCCC1)N1CCC(COCCOC)C1.I. The van der Waals surface area contributed by atoms with E-state index in [9.17, 15) is 0 Å². The Hall–Kier alpha value is -0.0800. The van der Waals surface area contributed by atoms with Gasteiger partial charge in [0.15, 0.2) is 5.96 Å². The summed E-state index contributed by atoms with van der Waals surface area (Å²) < 4.78 is 10.7. The second-order valence-corrected chi connectivity index (χ2v) is 7.29. The topological polar surface area (TPSA) is 46.1 Å². The number of nitrogens with one attached hydrogen (secondary N) is 1. The van der Waals surface area contributed by atoms with Crippen molar-refractivity contribution in [3.8, 4) is 0 Å². The number of ether oxygens (including phenoxy) is 2. The third kappa shape index (κ3) is 8.91. The van der Waals surface area contributed by atoms with Crippen molar-refractivity contribution >= 4 is 29.9 Å². The largest absolute Gasteiger partial charge is 0.382 e. The van der Waals surface area contributed by atoms with Crippen LogP contribution in [-0.4, -0.2) is 64.5 Å². The summed E-state index contributed by atoms with van der Waals surface area (Å²) in [5, 5.41) is 3.55. The first-order chi connectivity index (χ1) is 11.8. The van der Waals surface area contributed by atoms with E-state index in [2.05, 4.69) is 15.2 Å². The quantitative estimate of drug-likeness (QED) is 0.231. The Labute approximate surface area is 171 Å². The van der Waals surface area contributed by atoms with Crippen LogP contribution in [0.3, 0.4) is 0 Å². The summed E-state index contributed by atoms with van der Waals surface area (Å²) in [6.07, 6.45) is 11.1. The number of hydrogen-bond donors (Lipinski definition) is 1. The van der Waals surface area contributed by atoms with Gasteiger partial charge >= 0.3 is 0 Å². The Kier molecular flexibility index (Phi) is 12.9. The molecule has 0 aromatic heterocycles. The molecule has 1 heterocycles. The number of halogens is 1. The molecule has 2 rings (SSSR count). The lowest BCUT2D eigenvalue weighted by Crippen LogP contribution is -2.40. The normalized spacial score (nSPS) is 21.6. The monoisotopic (exact) mass is 467 g/mol. The third-order valence-electron chi connectivity index (χ3n) is 5.38. The predicted molar refractivity (Wildman–Crippen MR) is 115 cm³/mol. The van der Waals surface area contributed by atoms with Gasteiger partial charge in [-0.3, -0.25) is 4.99 Å². The Morgan fingerprint density at radius 2 is 1.92 bits per heavy atom. The molecule has 1 unspecified atom stereocenters. The van der Waals surface area contributed by atoms with Crippen molar-refractivity contribution in [2.75, 3.05) is 53.6 Å². The molecule has 1 saturated heterocycles. The van der Waals surface area contributed by atoms with Gasteiger partial charge in [-0.1, -0.05) is 38.5 Å². The van der Waals surface area contributed by atoms with Crippen molar-refractivity contribution in [3.05, 3.63) is 0 Å². The van der Waals surface area contributed by atoms with Gasteiger partial charge < -0.3 is 19.7 Å². The fraction of sp³-hybridized carbons (Fsp3) is 0.947. The molecule has 6 heteroatoms. The van der Waals surface area contributed by atoms with Crippen LogP contribution in [0.2, 0.25) is 0 Å². The van der Waals surface area contributed by atoms with E-state index in [0.29, 0.717) is 19.1 Å². The Morgan fingerprint density at radius 3 is 2.64 bits per heavy atom. The van der Waals surface area contributed by atoms with E-state index in [1.54, 1.807) is 7.11 Å². The minimum Gasteiger partial charge on any atom is -0.382 e. The van der Waals surface area contributed by atoms with Gasteiger partial charge in [0.2, 0.25) is 0 Å². The highest BCUT2D eigenvalue weighted by atomic mass is 127. The molecular weight excluding hydrogens is 429 g/mol. The molecule has 0 radical (unpaired) electrons. The van der Waals surface area contributed by atoms with Gasteiger partial charge in [-0.15, -0.1) is 24.0 Å². The Balaban J connectivity index is 0.00000312. The van der Waals surface area contributed by atoms with Gasteiger partial charge in [-0.2, -0.15) is 0 Å². The standard InChI is InChI=1S/C19H37N3O2.HI/c1-20-19(21-11-6-5-9-17-7-3-4-8-17)22-12-10-18(15-22)16-24-14-13-23-2;/h17-18H,3-16H2,1-2H3,(H,20,21);1H. The van der Waals surface area contributed by atoms with Crippen LogP contribution in [0, 0.1) is 11.8 Å². The number of likely N-dealkylation sites (tertiary alicyclic amines) is 1. The molecule has 148 valence electrons. The van der Waals surface area contributed by atoms with E-state index in [-0.39, 0.29) is 24.0 Å². The first-order valence-corrected chi connectivity index (χ1v) is 9.85. The smallest absolute Gasteiger partial charge is 0.193 e. The number of nitrogens with zero attached hydrogens (tertiary/aromatic N) is 2. The molecule has 2 fully saturated rings. The molecule has 25 heavy (non-hydrogen) atoms. The highest BCUT2D eigenvalue weighted by Crippen LogP contribution is 2.28. The summed E-state index contributed by atoms with van der Waals surface area (Å²) in [6.45, 7) is 5.39. The summed E-state index contributed by atoms with van der Waals surface area (Å²) in [4.78, 5) is 6.84. The second kappa shape index (κ2) is 14.0. The maximum absolute atomic E-state index is 5.67. The highest BCUT2D eigenvalue weighted by Gasteiger charge is 2.24. The number of rotatable bonds is 10. The van der Waals surface area contributed by atoms with Crippen LogP contribution in [0.15, 0.2) is 4.99 Å². The second-order valence-electron chi connectivity index (χ2n) is 7.29. The van der Waals surface area contributed by atoms with Gasteiger partial charge in [-0.25, -0.2) is 0 Å². The Bertz CT molecular complexity index is 363. The zero-order valence-electron chi connectivity index (χ0n) is 16.2. The average molecular weight is 467 g/mol. The minimum absolute atomic E-state index is 0. The van der Waals surface area contributed by atoms with Crippen molar-refractivity contribution < 1.29 is 9.47 Å². The van der Waals surface area contributed by atoms with Crippen LogP contribution in [0.25, 0.3) is 0 Å². The lowest BCUT2D eigenvalue weighted by Gasteiger charge is -2.22. The number of hydrogen-bond acceptors (Lipinski definition) is 3. The third-order valence-corrected chi connectivity index (χ3v) is 5.38. The van der Waals surface area contributed by atoms with E-state index in [1.807, 2.05) is 7.05 Å². The first kappa shape index (κ1) is 23.0. The number of aliphatic imine (C=N–C) groups is 1. The van der Waals surface area contributed by atoms with Gasteiger partial charge in [0, 0.05) is 39.7 Å². The first-order valence-electron chi connectivity index (χ1n) is 9.85. The molecule has 0 spiro atoms. The van der Waals surface area contributed by atoms with Crippen molar-refractivity contribution in [3.63, 3.8) is 0 Å².